The molecule has 0 fully saturated rings. The fourth-order valence-corrected chi connectivity index (χ4v) is 3.28. The molecule has 0 aliphatic heterocycles. The molecule has 1 heterocycles. The number of rotatable bonds is 4. The standard InChI is InChI=1S/C22H15BrN2O4/c23-13-10-11-16-15(12-13)20(26)19(21(27)24-16)22(28)25-17-8-4-5-9-18(17)29-14-6-2-1-3-7-14/h1-12H,(H,25,28)(H2,24,26,27). The number of hydrogen-bond donors (Lipinski definition) is 3. The van der Waals surface area contributed by atoms with Crippen LogP contribution in [0.1, 0.15) is 10.4 Å². The van der Waals surface area contributed by atoms with Crippen molar-refractivity contribution in [3.8, 4) is 17.2 Å². The minimum Gasteiger partial charge on any atom is -0.506 e. The first-order valence-electron chi connectivity index (χ1n) is 8.71. The number of anilines is 1. The molecule has 3 N–H and O–H groups in total. The average molecular weight is 451 g/mol. The van der Waals surface area contributed by atoms with Gasteiger partial charge in [-0.25, -0.2) is 0 Å². The van der Waals surface area contributed by atoms with E-state index >= 15 is 0 Å². The summed E-state index contributed by atoms with van der Waals surface area (Å²) in [6, 6.07) is 21.0. The summed E-state index contributed by atoms with van der Waals surface area (Å²) in [6.07, 6.45) is 0. The lowest BCUT2D eigenvalue weighted by Crippen LogP contribution is -2.23. The number of carbonyl (C=O) groups is 1. The van der Waals surface area contributed by atoms with E-state index in [-0.39, 0.29) is 11.3 Å². The van der Waals surface area contributed by atoms with Gasteiger partial charge >= 0.3 is 0 Å². The van der Waals surface area contributed by atoms with Gasteiger partial charge in [-0.15, -0.1) is 0 Å². The van der Waals surface area contributed by atoms with Gasteiger partial charge in [-0.05, 0) is 42.5 Å². The summed E-state index contributed by atoms with van der Waals surface area (Å²) < 4.78 is 6.53. The fourth-order valence-electron chi connectivity index (χ4n) is 2.92. The normalized spacial score (nSPS) is 10.7. The van der Waals surface area contributed by atoms with Gasteiger partial charge < -0.3 is 20.1 Å². The summed E-state index contributed by atoms with van der Waals surface area (Å²) in [7, 11) is 0. The third-order valence-electron chi connectivity index (χ3n) is 4.28. The number of amides is 1. The summed E-state index contributed by atoms with van der Waals surface area (Å²) in [5.74, 6) is -0.115. The molecule has 4 aromatic rings. The summed E-state index contributed by atoms with van der Waals surface area (Å²) in [4.78, 5) is 27.9. The second kappa shape index (κ2) is 7.81. The highest BCUT2D eigenvalue weighted by Crippen LogP contribution is 2.31. The van der Waals surface area contributed by atoms with Crippen molar-refractivity contribution in [1.29, 1.82) is 0 Å². The number of halogens is 1. The highest BCUT2D eigenvalue weighted by Gasteiger charge is 2.20. The van der Waals surface area contributed by atoms with Crippen LogP contribution in [0.5, 0.6) is 17.2 Å². The predicted molar refractivity (Wildman–Crippen MR) is 115 cm³/mol. The monoisotopic (exact) mass is 450 g/mol. The largest absolute Gasteiger partial charge is 0.506 e. The Morgan fingerprint density at radius 2 is 1.72 bits per heavy atom. The molecule has 0 atom stereocenters. The van der Waals surface area contributed by atoms with Crippen LogP contribution in [0.4, 0.5) is 5.69 Å². The number of ether oxygens (including phenoxy) is 1. The number of hydrogen-bond acceptors (Lipinski definition) is 4. The highest BCUT2D eigenvalue weighted by molar-refractivity contribution is 9.10. The smallest absolute Gasteiger partial charge is 0.265 e. The fraction of sp³-hybridized carbons (Fsp3) is 0. The van der Waals surface area contributed by atoms with Gasteiger partial charge in [0.05, 0.1) is 11.2 Å². The zero-order valence-corrected chi connectivity index (χ0v) is 16.6. The maximum Gasteiger partial charge on any atom is 0.265 e. The Bertz CT molecular complexity index is 1270. The van der Waals surface area contributed by atoms with Crippen LogP contribution in [0.2, 0.25) is 0 Å². The molecule has 144 valence electrons. The lowest BCUT2D eigenvalue weighted by Gasteiger charge is -2.13. The number of pyridine rings is 1. The van der Waals surface area contributed by atoms with E-state index in [1.54, 1.807) is 54.6 Å². The zero-order chi connectivity index (χ0) is 20.4. The SMILES string of the molecule is O=C(Nc1ccccc1Oc1ccccc1)c1c(O)c2cc(Br)ccc2[nH]c1=O. The molecule has 0 bridgehead atoms. The first kappa shape index (κ1) is 18.8. The summed E-state index contributed by atoms with van der Waals surface area (Å²) in [6.45, 7) is 0. The molecule has 0 saturated heterocycles. The molecular formula is C22H15BrN2O4. The Morgan fingerprint density at radius 1 is 1.00 bits per heavy atom. The van der Waals surface area contributed by atoms with E-state index in [9.17, 15) is 14.7 Å². The Hall–Kier alpha value is -3.58. The zero-order valence-electron chi connectivity index (χ0n) is 15.0. The minimum absolute atomic E-state index is 0.359. The van der Waals surface area contributed by atoms with Crippen molar-refractivity contribution >= 4 is 38.4 Å². The molecular weight excluding hydrogens is 436 g/mol. The molecule has 29 heavy (non-hydrogen) atoms. The van der Waals surface area contributed by atoms with Crippen LogP contribution in [-0.4, -0.2) is 16.0 Å². The number of aromatic amines is 1. The van der Waals surface area contributed by atoms with Crippen molar-refractivity contribution in [3.63, 3.8) is 0 Å². The highest BCUT2D eigenvalue weighted by atomic mass is 79.9. The van der Waals surface area contributed by atoms with Gasteiger partial charge in [0, 0.05) is 9.86 Å². The van der Waals surface area contributed by atoms with Crippen molar-refractivity contribution in [1.82, 2.24) is 4.98 Å². The van der Waals surface area contributed by atoms with E-state index in [0.29, 0.717) is 32.6 Å². The van der Waals surface area contributed by atoms with E-state index in [1.807, 2.05) is 18.2 Å². The van der Waals surface area contributed by atoms with Crippen molar-refractivity contribution in [2.75, 3.05) is 5.32 Å². The summed E-state index contributed by atoms with van der Waals surface area (Å²) in [5, 5.41) is 13.6. The summed E-state index contributed by atoms with van der Waals surface area (Å²) >= 11 is 3.32. The Balaban J connectivity index is 1.70. The molecule has 0 aliphatic rings. The topological polar surface area (TPSA) is 91.4 Å². The quantitative estimate of drug-likeness (QED) is 0.406. The van der Waals surface area contributed by atoms with Crippen LogP contribution in [0.15, 0.2) is 82.1 Å². The first-order chi connectivity index (χ1) is 14.0. The van der Waals surface area contributed by atoms with Crippen LogP contribution in [0.25, 0.3) is 10.9 Å². The maximum atomic E-state index is 12.8. The number of nitrogens with one attached hydrogen (secondary N) is 2. The van der Waals surface area contributed by atoms with Gasteiger partial charge in [-0.3, -0.25) is 9.59 Å². The second-order valence-electron chi connectivity index (χ2n) is 6.23. The molecule has 1 amide bonds. The van der Waals surface area contributed by atoms with Crippen molar-refractivity contribution in [3.05, 3.63) is 93.2 Å². The molecule has 0 radical (unpaired) electrons. The van der Waals surface area contributed by atoms with E-state index in [4.69, 9.17) is 4.74 Å². The van der Waals surface area contributed by atoms with Crippen LogP contribution < -0.4 is 15.6 Å². The van der Waals surface area contributed by atoms with Crippen LogP contribution in [-0.2, 0) is 0 Å². The van der Waals surface area contributed by atoms with Gasteiger partial charge in [-0.1, -0.05) is 46.3 Å². The number of para-hydroxylation sites is 3. The van der Waals surface area contributed by atoms with Crippen molar-refractivity contribution < 1.29 is 14.6 Å². The number of aromatic nitrogens is 1. The van der Waals surface area contributed by atoms with Gasteiger partial charge in [-0.2, -0.15) is 0 Å². The number of carbonyl (C=O) groups excluding carboxylic acids is 1. The van der Waals surface area contributed by atoms with Gasteiger partial charge in [0.2, 0.25) is 0 Å². The predicted octanol–water partition coefficient (Wildman–Crippen LogP) is 5.04. The van der Waals surface area contributed by atoms with Crippen LogP contribution in [0.3, 0.4) is 0 Å². The second-order valence-corrected chi connectivity index (χ2v) is 7.15. The van der Waals surface area contributed by atoms with Crippen molar-refractivity contribution in [2.45, 2.75) is 0 Å². The third-order valence-corrected chi connectivity index (χ3v) is 4.78. The van der Waals surface area contributed by atoms with Crippen molar-refractivity contribution in [2.24, 2.45) is 0 Å². The number of benzene rings is 3. The molecule has 3 aromatic carbocycles. The van der Waals surface area contributed by atoms with E-state index in [2.05, 4.69) is 26.2 Å². The average Bonchev–Trinajstić information content (AvgIpc) is 2.71. The molecule has 6 nitrogen and oxygen atoms in total. The molecule has 0 saturated carbocycles. The number of fused-ring (bicyclic) bond motifs is 1. The van der Waals surface area contributed by atoms with Gasteiger partial charge in [0.25, 0.3) is 11.5 Å². The third kappa shape index (κ3) is 3.86. The molecule has 0 aliphatic carbocycles. The molecule has 0 unspecified atom stereocenters. The molecule has 7 heteroatoms. The van der Waals surface area contributed by atoms with E-state index < -0.39 is 11.5 Å². The minimum atomic E-state index is -0.741. The van der Waals surface area contributed by atoms with E-state index in [1.165, 1.54) is 0 Å². The van der Waals surface area contributed by atoms with Crippen LogP contribution >= 0.6 is 15.9 Å². The lowest BCUT2D eigenvalue weighted by atomic mass is 10.1. The van der Waals surface area contributed by atoms with Gasteiger partial charge in [0.1, 0.15) is 17.1 Å². The first-order valence-corrected chi connectivity index (χ1v) is 9.50. The van der Waals surface area contributed by atoms with Gasteiger partial charge in [0.15, 0.2) is 5.75 Å². The molecule has 0 spiro atoms. The summed E-state index contributed by atoms with van der Waals surface area (Å²) in [5.41, 5.74) is -0.254. The lowest BCUT2D eigenvalue weighted by molar-refractivity contribution is 0.102. The molecule has 4 rings (SSSR count). The maximum absolute atomic E-state index is 12.8. The number of H-pyrrole nitrogens is 1. The number of aromatic hydroxyl groups is 1. The molecule has 1 aromatic heterocycles. The Morgan fingerprint density at radius 3 is 2.52 bits per heavy atom. The Labute approximate surface area is 173 Å². The Kier molecular flexibility index (Phi) is 5.05. The van der Waals surface area contributed by atoms with Crippen LogP contribution in [0, 0.1) is 0 Å². The van der Waals surface area contributed by atoms with E-state index in [0.717, 1.165) is 0 Å².